The molecule has 78 valence electrons. The zero-order chi connectivity index (χ0) is 10.0. The summed E-state index contributed by atoms with van der Waals surface area (Å²) in [6.45, 7) is 8.37. The van der Waals surface area contributed by atoms with Crippen molar-refractivity contribution in [1.29, 1.82) is 0 Å². The van der Waals surface area contributed by atoms with E-state index in [1.807, 2.05) is 0 Å². The van der Waals surface area contributed by atoms with Gasteiger partial charge in [0.15, 0.2) is 0 Å². The van der Waals surface area contributed by atoms with E-state index in [4.69, 9.17) is 5.73 Å². The normalized spacial score (nSPS) is 32.8. The smallest absolute Gasteiger partial charge is 0.0500 e. The maximum absolute atomic E-state index is 6.02. The molecule has 1 rings (SSSR count). The van der Waals surface area contributed by atoms with Crippen LogP contribution in [0, 0.1) is 0 Å². The standard InChI is InChI=1S/C9H21N3S/c1-6(2)11-9-5-12(7(3)13)4-8(9)10/h6-9,11,13H,4-5,10H2,1-3H3/t7-,8?,9?/m1/s1. The van der Waals surface area contributed by atoms with Gasteiger partial charge in [0.2, 0.25) is 0 Å². The average molecular weight is 203 g/mol. The molecule has 1 aliphatic heterocycles. The van der Waals surface area contributed by atoms with Crippen LogP contribution in [-0.2, 0) is 0 Å². The first kappa shape index (κ1) is 11.3. The van der Waals surface area contributed by atoms with Crippen molar-refractivity contribution in [2.24, 2.45) is 5.73 Å². The van der Waals surface area contributed by atoms with E-state index in [-0.39, 0.29) is 6.04 Å². The Kier molecular flexibility index (Phi) is 4.04. The van der Waals surface area contributed by atoms with Crippen molar-refractivity contribution < 1.29 is 0 Å². The molecule has 3 nitrogen and oxygen atoms in total. The molecule has 3 N–H and O–H groups in total. The summed E-state index contributed by atoms with van der Waals surface area (Å²) >= 11 is 4.41. The lowest BCUT2D eigenvalue weighted by molar-refractivity contribution is 0.318. The summed E-state index contributed by atoms with van der Waals surface area (Å²) in [4.78, 5) is 2.30. The molecule has 1 aliphatic rings. The van der Waals surface area contributed by atoms with Crippen molar-refractivity contribution in [3.63, 3.8) is 0 Å². The zero-order valence-corrected chi connectivity index (χ0v) is 9.59. The highest BCUT2D eigenvalue weighted by Gasteiger charge is 2.31. The number of likely N-dealkylation sites (tertiary alicyclic amines) is 1. The summed E-state index contributed by atoms with van der Waals surface area (Å²) in [6.07, 6.45) is 0. The van der Waals surface area contributed by atoms with E-state index >= 15 is 0 Å². The summed E-state index contributed by atoms with van der Waals surface area (Å²) < 4.78 is 0. The Balaban J connectivity index is 2.42. The Morgan fingerprint density at radius 3 is 2.38 bits per heavy atom. The highest BCUT2D eigenvalue weighted by Crippen LogP contribution is 2.14. The van der Waals surface area contributed by atoms with Gasteiger partial charge in [0.25, 0.3) is 0 Å². The Morgan fingerprint density at radius 1 is 1.38 bits per heavy atom. The van der Waals surface area contributed by atoms with Crippen LogP contribution in [0.25, 0.3) is 0 Å². The summed E-state index contributed by atoms with van der Waals surface area (Å²) in [5, 5.41) is 3.79. The summed E-state index contributed by atoms with van der Waals surface area (Å²) in [6, 6.07) is 1.18. The van der Waals surface area contributed by atoms with Crippen molar-refractivity contribution >= 4 is 12.6 Å². The molecule has 0 radical (unpaired) electrons. The summed E-state index contributed by atoms with van der Waals surface area (Å²) in [5.74, 6) is 0. The topological polar surface area (TPSA) is 41.3 Å². The molecule has 0 aromatic carbocycles. The van der Waals surface area contributed by atoms with Crippen molar-refractivity contribution in [3.8, 4) is 0 Å². The minimum Gasteiger partial charge on any atom is -0.325 e. The molecule has 13 heavy (non-hydrogen) atoms. The minimum absolute atomic E-state index is 0.247. The number of nitrogens with one attached hydrogen (secondary N) is 1. The predicted octanol–water partition coefficient (Wildman–Crippen LogP) is 0.272. The highest BCUT2D eigenvalue weighted by molar-refractivity contribution is 7.80. The Bertz CT molecular complexity index is 161. The molecule has 3 atom stereocenters. The second kappa shape index (κ2) is 4.64. The lowest BCUT2D eigenvalue weighted by atomic mass is 10.1. The van der Waals surface area contributed by atoms with Crippen molar-refractivity contribution in [2.75, 3.05) is 13.1 Å². The molecule has 0 bridgehead atoms. The largest absolute Gasteiger partial charge is 0.325 e. The quantitative estimate of drug-likeness (QED) is 0.577. The maximum atomic E-state index is 6.02. The lowest BCUT2D eigenvalue weighted by Crippen LogP contribution is -2.46. The third-order valence-electron chi connectivity index (χ3n) is 2.47. The fourth-order valence-corrected chi connectivity index (χ4v) is 1.96. The van der Waals surface area contributed by atoms with Gasteiger partial charge < -0.3 is 11.1 Å². The van der Waals surface area contributed by atoms with Gasteiger partial charge >= 0.3 is 0 Å². The van der Waals surface area contributed by atoms with E-state index < -0.39 is 0 Å². The maximum Gasteiger partial charge on any atom is 0.0500 e. The second-order valence-electron chi connectivity index (χ2n) is 4.18. The molecular formula is C9H21N3S. The van der Waals surface area contributed by atoms with E-state index in [2.05, 4.69) is 43.6 Å². The number of hydrogen-bond acceptors (Lipinski definition) is 4. The minimum atomic E-state index is 0.247. The van der Waals surface area contributed by atoms with Crippen molar-refractivity contribution in [2.45, 2.75) is 44.3 Å². The molecule has 1 fully saturated rings. The number of thiol groups is 1. The van der Waals surface area contributed by atoms with Crippen LogP contribution in [0.3, 0.4) is 0 Å². The zero-order valence-electron chi connectivity index (χ0n) is 8.70. The van der Waals surface area contributed by atoms with Crippen LogP contribution in [0.1, 0.15) is 20.8 Å². The molecule has 0 amide bonds. The van der Waals surface area contributed by atoms with Crippen LogP contribution in [0.15, 0.2) is 0 Å². The number of hydrogen-bond donors (Lipinski definition) is 3. The summed E-state index contributed by atoms with van der Waals surface area (Å²) in [7, 11) is 0. The number of rotatable bonds is 3. The van der Waals surface area contributed by atoms with Gasteiger partial charge in [-0.1, -0.05) is 13.8 Å². The summed E-state index contributed by atoms with van der Waals surface area (Å²) in [5.41, 5.74) is 6.02. The van der Waals surface area contributed by atoms with Gasteiger partial charge in [0.05, 0.1) is 5.37 Å². The van der Waals surface area contributed by atoms with Crippen molar-refractivity contribution in [3.05, 3.63) is 0 Å². The molecule has 2 unspecified atom stereocenters. The second-order valence-corrected chi connectivity index (χ2v) is 4.92. The van der Waals surface area contributed by atoms with Gasteiger partial charge in [-0.25, -0.2) is 0 Å². The Morgan fingerprint density at radius 2 is 2.00 bits per heavy atom. The first-order valence-electron chi connectivity index (χ1n) is 4.94. The van der Waals surface area contributed by atoms with Crippen LogP contribution in [0.2, 0.25) is 0 Å². The Hall–Kier alpha value is 0.230. The molecule has 0 aromatic heterocycles. The van der Waals surface area contributed by atoms with E-state index in [0.717, 1.165) is 13.1 Å². The van der Waals surface area contributed by atoms with E-state index in [9.17, 15) is 0 Å². The van der Waals surface area contributed by atoms with E-state index in [1.165, 1.54) is 0 Å². The van der Waals surface area contributed by atoms with E-state index in [1.54, 1.807) is 0 Å². The van der Waals surface area contributed by atoms with Gasteiger partial charge in [-0.3, -0.25) is 4.90 Å². The fraction of sp³-hybridized carbons (Fsp3) is 1.00. The third kappa shape index (κ3) is 3.13. The monoisotopic (exact) mass is 203 g/mol. The van der Waals surface area contributed by atoms with Gasteiger partial charge in [-0.2, -0.15) is 12.6 Å². The molecule has 0 spiro atoms. The average Bonchev–Trinajstić information content (AvgIpc) is 2.31. The van der Waals surface area contributed by atoms with Gasteiger partial charge in [0, 0.05) is 31.2 Å². The molecule has 0 saturated carbocycles. The van der Waals surface area contributed by atoms with E-state index in [0.29, 0.717) is 17.5 Å². The third-order valence-corrected chi connectivity index (χ3v) is 2.80. The molecule has 0 aromatic rings. The van der Waals surface area contributed by atoms with Gasteiger partial charge in [-0.05, 0) is 6.92 Å². The van der Waals surface area contributed by atoms with Gasteiger partial charge in [-0.15, -0.1) is 0 Å². The molecule has 4 heteroatoms. The fourth-order valence-electron chi connectivity index (χ4n) is 1.77. The number of nitrogens with two attached hydrogens (primary N) is 1. The highest BCUT2D eigenvalue weighted by atomic mass is 32.1. The van der Waals surface area contributed by atoms with Crippen molar-refractivity contribution in [1.82, 2.24) is 10.2 Å². The molecule has 1 heterocycles. The Labute approximate surface area is 86.5 Å². The van der Waals surface area contributed by atoms with Crippen LogP contribution < -0.4 is 11.1 Å². The SMILES string of the molecule is CC(C)NC1CN([C@@H](C)S)CC1N. The van der Waals surface area contributed by atoms with Crippen LogP contribution in [0.5, 0.6) is 0 Å². The first-order chi connectivity index (χ1) is 6.00. The van der Waals surface area contributed by atoms with Crippen LogP contribution in [0.4, 0.5) is 0 Å². The van der Waals surface area contributed by atoms with Gasteiger partial charge in [0.1, 0.15) is 0 Å². The predicted molar refractivity (Wildman–Crippen MR) is 60.1 cm³/mol. The molecule has 1 saturated heterocycles. The molecule has 0 aliphatic carbocycles. The van der Waals surface area contributed by atoms with Crippen LogP contribution >= 0.6 is 12.6 Å². The lowest BCUT2D eigenvalue weighted by Gasteiger charge is -2.20. The number of nitrogens with zero attached hydrogens (tertiary/aromatic N) is 1. The first-order valence-corrected chi connectivity index (χ1v) is 5.46. The van der Waals surface area contributed by atoms with Crippen LogP contribution in [-0.4, -0.2) is 41.5 Å². The molecular weight excluding hydrogens is 182 g/mol.